The summed E-state index contributed by atoms with van der Waals surface area (Å²) in [6.07, 6.45) is 8.69. The van der Waals surface area contributed by atoms with Crippen LogP contribution in [0.1, 0.15) is 11.4 Å². The van der Waals surface area contributed by atoms with Gasteiger partial charge in [-0.1, -0.05) is 6.08 Å². The molecule has 0 aliphatic rings. The van der Waals surface area contributed by atoms with Crippen LogP contribution in [-0.4, -0.2) is 26.5 Å². The van der Waals surface area contributed by atoms with E-state index in [0.29, 0.717) is 6.54 Å². The van der Waals surface area contributed by atoms with Gasteiger partial charge in [0.2, 0.25) is 0 Å². The monoisotopic (exact) mass is 189 g/mol. The molecule has 14 heavy (non-hydrogen) atoms. The molecule has 2 rings (SSSR count). The van der Waals surface area contributed by atoms with Crippen molar-refractivity contribution in [2.75, 3.05) is 6.54 Å². The van der Waals surface area contributed by atoms with Gasteiger partial charge in [0.15, 0.2) is 0 Å². The second kappa shape index (κ2) is 3.89. The molecule has 0 unspecified atom stereocenters. The first kappa shape index (κ1) is 8.71. The summed E-state index contributed by atoms with van der Waals surface area (Å²) in [5.74, 6) is 0. The van der Waals surface area contributed by atoms with Crippen LogP contribution in [0.3, 0.4) is 0 Å². The van der Waals surface area contributed by atoms with Gasteiger partial charge in [-0.05, 0) is 0 Å². The maximum atomic E-state index is 5.50. The predicted octanol–water partition coefficient (Wildman–Crippen LogP) is 0.523. The van der Waals surface area contributed by atoms with Gasteiger partial charge in [0.25, 0.3) is 0 Å². The van der Waals surface area contributed by atoms with Gasteiger partial charge in [0.05, 0.1) is 36.4 Å². The van der Waals surface area contributed by atoms with E-state index < -0.39 is 0 Å². The average molecular weight is 189 g/mol. The van der Waals surface area contributed by atoms with Gasteiger partial charge >= 0.3 is 0 Å². The summed E-state index contributed by atoms with van der Waals surface area (Å²) < 4.78 is 0. The largest absolute Gasteiger partial charge is 0.345 e. The van der Waals surface area contributed by atoms with E-state index in [9.17, 15) is 0 Å². The van der Waals surface area contributed by atoms with Crippen molar-refractivity contribution in [1.29, 1.82) is 0 Å². The van der Waals surface area contributed by atoms with E-state index in [1.165, 1.54) is 0 Å². The Labute approximate surface area is 81.1 Å². The fourth-order valence-corrected chi connectivity index (χ4v) is 1.29. The smallest absolute Gasteiger partial charge is 0.0924 e. The number of nitrogens with one attached hydrogen (secondary N) is 2. The quantitative estimate of drug-likeness (QED) is 0.658. The molecule has 0 aromatic carbocycles. The maximum absolute atomic E-state index is 5.50. The minimum atomic E-state index is 0.480. The van der Waals surface area contributed by atoms with E-state index in [-0.39, 0.29) is 0 Å². The number of H-pyrrole nitrogens is 2. The highest BCUT2D eigenvalue weighted by atomic mass is 14.9. The number of nitrogens with zero attached hydrogens (tertiary/aromatic N) is 2. The van der Waals surface area contributed by atoms with Gasteiger partial charge in [-0.3, -0.25) is 0 Å². The van der Waals surface area contributed by atoms with Gasteiger partial charge in [0.1, 0.15) is 0 Å². The van der Waals surface area contributed by atoms with Gasteiger partial charge in [-0.2, -0.15) is 0 Å². The van der Waals surface area contributed by atoms with Crippen molar-refractivity contribution in [2.45, 2.75) is 0 Å². The Kier molecular flexibility index (Phi) is 2.42. The Morgan fingerprint density at radius 2 is 1.79 bits per heavy atom. The van der Waals surface area contributed by atoms with Gasteiger partial charge in [-0.15, -0.1) is 0 Å². The third-order valence-electron chi connectivity index (χ3n) is 1.90. The van der Waals surface area contributed by atoms with Gasteiger partial charge in [-0.25, -0.2) is 9.97 Å². The molecule has 5 heteroatoms. The Morgan fingerprint density at radius 1 is 1.21 bits per heavy atom. The molecule has 0 saturated heterocycles. The zero-order valence-electron chi connectivity index (χ0n) is 7.57. The van der Waals surface area contributed by atoms with Crippen molar-refractivity contribution in [2.24, 2.45) is 5.73 Å². The summed E-state index contributed by atoms with van der Waals surface area (Å²) in [4.78, 5) is 14.0. The summed E-state index contributed by atoms with van der Waals surface area (Å²) in [6, 6.07) is 0. The molecular weight excluding hydrogens is 178 g/mol. The van der Waals surface area contributed by atoms with Crippen molar-refractivity contribution in [3.05, 3.63) is 42.5 Å². The van der Waals surface area contributed by atoms with Gasteiger partial charge in [0, 0.05) is 12.1 Å². The molecule has 0 spiro atoms. The van der Waals surface area contributed by atoms with Crippen molar-refractivity contribution in [3.63, 3.8) is 0 Å². The number of aromatic amines is 2. The summed E-state index contributed by atoms with van der Waals surface area (Å²) in [6.45, 7) is 0.480. The SMILES string of the molecule is NCC=C(c1cnc[nH]1)c1cnc[nH]1. The van der Waals surface area contributed by atoms with E-state index >= 15 is 0 Å². The van der Waals surface area contributed by atoms with Crippen LogP contribution < -0.4 is 5.73 Å². The fourth-order valence-electron chi connectivity index (χ4n) is 1.29. The lowest BCUT2D eigenvalue weighted by atomic mass is 10.1. The summed E-state index contributed by atoms with van der Waals surface area (Å²) in [5.41, 5.74) is 8.35. The van der Waals surface area contributed by atoms with Crippen LogP contribution in [0, 0.1) is 0 Å². The third-order valence-corrected chi connectivity index (χ3v) is 1.90. The lowest BCUT2D eigenvalue weighted by Crippen LogP contribution is -1.97. The predicted molar refractivity (Wildman–Crippen MR) is 53.3 cm³/mol. The van der Waals surface area contributed by atoms with Crippen LogP contribution in [0.4, 0.5) is 0 Å². The Morgan fingerprint density at radius 3 is 2.14 bits per heavy atom. The van der Waals surface area contributed by atoms with E-state index in [1.807, 2.05) is 6.08 Å². The van der Waals surface area contributed by atoms with Crippen molar-refractivity contribution in [3.8, 4) is 0 Å². The summed E-state index contributed by atoms with van der Waals surface area (Å²) >= 11 is 0. The van der Waals surface area contributed by atoms with Crippen LogP contribution in [0.5, 0.6) is 0 Å². The lowest BCUT2D eigenvalue weighted by Gasteiger charge is -2.00. The number of rotatable bonds is 3. The summed E-state index contributed by atoms with van der Waals surface area (Å²) in [5, 5.41) is 0. The lowest BCUT2D eigenvalue weighted by molar-refractivity contribution is 1.22. The second-order valence-electron chi connectivity index (χ2n) is 2.78. The molecule has 0 radical (unpaired) electrons. The normalized spacial score (nSPS) is 10.1. The summed E-state index contributed by atoms with van der Waals surface area (Å²) in [7, 11) is 0. The minimum Gasteiger partial charge on any atom is -0.345 e. The molecule has 2 heterocycles. The van der Waals surface area contributed by atoms with Crippen LogP contribution in [0.15, 0.2) is 31.1 Å². The highest BCUT2D eigenvalue weighted by molar-refractivity contribution is 5.75. The molecule has 0 saturated carbocycles. The number of hydrogen-bond acceptors (Lipinski definition) is 3. The number of imidazole rings is 2. The van der Waals surface area contributed by atoms with Crippen LogP contribution in [-0.2, 0) is 0 Å². The van der Waals surface area contributed by atoms with Crippen LogP contribution >= 0.6 is 0 Å². The van der Waals surface area contributed by atoms with Crippen molar-refractivity contribution in [1.82, 2.24) is 19.9 Å². The fraction of sp³-hybridized carbons (Fsp3) is 0.111. The van der Waals surface area contributed by atoms with Gasteiger partial charge < -0.3 is 15.7 Å². The highest BCUT2D eigenvalue weighted by Gasteiger charge is 2.06. The van der Waals surface area contributed by atoms with E-state index in [4.69, 9.17) is 5.73 Å². The topological polar surface area (TPSA) is 83.4 Å². The molecule has 72 valence electrons. The molecule has 2 aromatic heterocycles. The van der Waals surface area contributed by atoms with Crippen LogP contribution in [0.2, 0.25) is 0 Å². The van der Waals surface area contributed by atoms with Crippen LogP contribution in [0.25, 0.3) is 5.57 Å². The maximum Gasteiger partial charge on any atom is 0.0924 e. The first-order valence-corrected chi connectivity index (χ1v) is 4.29. The van der Waals surface area contributed by atoms with Crippen molar-refractivity contribution < 1.29 is 0 Å². The first-order chi connectivity index (χ1) is 6.92. The standard InChI is InChI=1S/C9H11N5/c10-2-1-7(8-3-11-5-13-8)9-4-12-6-14-9/h1,3-6H,2,10H2,(H,11,13)(H,12,14). The van der Waals surface area contributed by atoms with Crippen molar-refractivity contribution >= 4 is 5.57 Å². The molecule has 0 amide bonds. The Balaban J connectivity index is 2.40. The minimum absolute atomic E-state index is 0.480. The highest BCUT2D eigenvalue weighted by Crippen LogP contribution is 2.17. The Bertz CT molecular complexity index is 362. The molecule has 5 nitrogen and oxygen atoms in total. The molecule has 2 aromatic rings. The van der Waals surface area contributed by atoms with E-state index in [0.717, 1.165) is 17.0 Å². The molecule has 0 atom stereocenters. The van der Waals surface area contributed by atoms with E-state index in [2.05, 4.69) is 19.9 Å². The molecule has 0 aliphatic heterocycles. The first-order valence-electron chi connectivity index (χ1n) is 4.29. The molecule has 4 N–H and O–H groups in total. The molecular formula is C9H11N5. The molecule has 0 fully saturated rings. The zero-order chi connectivity index (χ0) is 9.80. The molecule has 0 bridgehead atoms. The average Bonchev–Trinajstić information content (AvgIpc) is 2.87. The Hall–Kier alpha value is -1.88. The zero-order valence-corrected chi connectivity index (χ0v) is 7.57. The van der Waals surface area contributed by atoms with E-state index in [1.54, 1.807) is 25.0 Å². The third kappa shape index (κ3) is 1.57. The number of aromatic nitrogens is 4. The second-order valence-corrected chi connectivity index (χ2v) is 2.78. The number of hydrogen-bond donors (Lipinski definition) is 3. The molecule has 0 aliphatic carbocycles. The number of nitrogens with two attached hydrogens (primary N) is 1.